The van der Waals surface area contributed by atoms with Gasteiger partial charge in [0, 0.05) is 23.9 Å². The van der Waals surface area contributed by atoms with Crippen molar-refractivity contribution in [3.05, 3.63) is 90.0 Å². The van der Waals surface area contributed by atoms with E-state index in [4.69, 9.17) is 4.74 Å². The number of nitrogens with zero attached hydrogens (tertiary/aromatic N) is 3. The summed E-state index contributed by atoms with van der Waals surface area (Å²) in [5, 5.41) is 28.9. The smallest absolute Gasteiger partial charge is 0.330 e. The average Bonchev–Trinajstić information content (AvgIpc) is 2.87. The Morgan fingerprint density at radius 1 is 0.971 bits per heavy atom. The molecule has 0 unspecified atom stereocenters. The zero-order chi connectivity index (χ0) is 25.2. The summed E-state index contributed by atoms with van der Waals surface area (Å²) in [5.41, 5.74) is 1.64. The van der Waals surface area contributed by atoms with Crippen molar-refractivity contribution in [1.82, 2.24) is 0 Å². The second kappa shape index (κ2) is 12.1. The van der Waals surface area contributed by atoms with Crippen LogP contribution in [0.4, 0.5) is 17.1 Å². The first-order valence-corrected chi connectivity index (χ1v) is 11.2. The number of carbonyl (C=O) groups excluding carboxylic acids is 2. The lowest BCUT2D eigenvalue weighted by molar-refractivity contribution is -0.137. The molecule has 0 spiro atoms. The fourth-order valence-electron chi connectivity index (χ4n) is 3.34. The first-order valence-electron chi connectivity index (χ1n) is 11.2. The molecular weight excluding hydrogens is 446 g/mol. The summed E-state index contributed by atoms with van der Waals surface area (Å²) >= 11 is 0. The van der Waals surface area contributed by atoms with Crippen molar-refractivity contribution in [2.75, 3.05) is 24.6 Å². The number of carbonyl (C=O) groups is 2. The zero-order valence-electron chi connectivity index (χ0n) is 19.6. The van der Waals surface area contributed by atoms with Crippen molar-refractivity contribution in [3.8, 4) is 11.5 Å². The highest BCUT2D eigenvalue weighted by molar-refractivity contribution is 6.11. The number of aromatic hydroxyl groups is 2. The van der Waals surface area contributed by atoms with E-state index >= 15 is 0 Å². The number of phenols is 2. The molecule has 0 amide bonds. The Hall–Kier alpha value is -4.46. The molecule has 0 saturated carbocycles. The minimum absolute atomic E-state index is 0.0204. The Morgan fingerprint density at radius 3 is 2.34 bits per heavy atom. The quantitative estimate of drug-likeness (QED) is 0.169. The summed E-state index contributed by atoms with van der Waals surface area (Å²) in [6, 6.07) is 18.3. The Balaban J connectivity index is 1.73. The van der Waals surface area contributed by atoms with E-state index in [-0.39, 0.29) is 35.4 Å². The number of esters is 1. The van der Waals surface area contributed by atoms with Crippen LogP contribution in [0.1, 0.15) is 29.8 Å². The number of benzene rings is 3. The summed E-state index contributed by atoms with van der Waals surface area (Å²) in [4.78, 5) is 26.2. The van der Waals surface area contributed by atoms with E-state index < -0.39 is 5.75 Å². The highest BCUT2D eigenvalue weighted by Crippen LogP contribution is 2.40. The van der Waals surface area contributed by atoms with Gasteiger partial charge in [0.15, 0.2) is 17.2 Å². The Morgan fingerprint density at radius 2 is 1.69 bits per heavy atom. The van der Waals surface area contributed by atoms with E-state index in [1.165, 1.54) is 18.2 Å². The van der Waals surface area contributed by atoms with Crippen LogP contribution in [0, 0.1) is 0 Å². The predicted octanol–water partition coefficient (Wildman–Crippen LogP) is 5.69. The van der Waals surface area contributed by atoms with E-state index in [0.29, 0.717) is 24.3 Å². The molecule has 0 fully saturated rings. The summed E-state index contributed by atoms with van der Waals surface area (Å²) in [7, 11) is 0. The van der Waals surface area contributed by atoms with Crippen molar-refractivity contribution in [2.24, 2.45) is 10.2 Å². The van der Waals surface area contributed by atoms with Crippen LogP contribution < -0.4 is 4.90 Å². The van der Waals surface area contributed by atoms with E-state index in [0.717, 1.165) is 5.69 Å². The van der Waals surface area contributed by atoms with E-state index in [2.05, 4.69) is 10.2 Å². The first-order chi connectivity index (χ1) is 16.9. The van der Waals surface area contributed by atoms with Crippen molar-refractivity contribution in [2.45, 2.75) is 13.8 Å². The molecule has 8 heteroatoms. The standard InChI is InChI=1S/C27H27N3O5/c1-3-8-24(32)35-18-17-30(4-2)21-13-11-20(12-14-21)28-29-25-23(31)16-15-22(27(25)34)26(33)19-9-6-5-7-10-19/h3,5-16,31,34H,4,17-18H2,1-2H3. The van der Waals surface area contributed by atoms with Gasteiger partial charge in [-0.25, -0.2) is 4.79 Å². The van der Waals surface area contributed by atoms with Crippen LogP contribution in [0.2, 0.25) is 0 Å². The fourth-order valence-corrected chi connectivity index (χ4v) is 3.34. The second-order valence-electron chi connectivity index (χ2n) is 7.49. The van der Waals surface area contributed by atoms with Gasteiger partial charge in [0.1, 0.15) is 12.4 Å². The van der Waals surface area contributed by atoms with Crippen LogP contribution in [0.15, 0.2) is 89.1 Å². The van der Waals surface area contributed by atoms with E-state index in [1.807, 2.05) is 24.0 Å². The Bertz CT molecular complexity index is 1220. The molecule has 8 nitrogen and oxygen atoms in total. The summed E-state index contributed by atoms with van der Waals surface area (Å²) < 4.78 is 5.15. The normalized spacial score (nSPS) is 11.1. The molecule has 0 atom stereocenters. The number of phenolic OH excluding ortho intramolecular Hbond substituents is 2. The SMILES string of the molecule is CC=CC(=O)OCCN(CC)c1ccc(N=Nc2c(O)ccc(C(=O)c3ccccc3)c2O)cc1. The number of allylic oxidation sites excluding steroid dienone is 1. The maximum absolute atomic E-state index is 12.7. The third-order valence-electron chi connectivity index (χ3n) is 5.18. The minimum atomic E-state index is -0.441. The zero-order valence-corrected chi connectivity index (χ0v) is 19.6. The van der Waals surface area contributed by atoms with Crippen LogP contribution in [0.25, 0.3) is 0 Å². The molecule has 0 aliphatic rings. The maximum Gasteiger partial charge on any atom is 0.330 e. The van der Waals surface area contributed by atoms with Gasteiger partial charge < -0.3 is 19.8 Å². The van der Waals surface area contributed by atoms with Crippen LogP contribution in [0.5, 0.6) is 11.5 Å². The molecule has 0 aliphatic carbocycles. The second-order valence-corrected chi connectivity index (χ2v) is 7.49. The third kappa shape index (κ3) is 6.54. The number of likely N-dealkylation sites (N-methyl/N-ethyl adjacent to an activating group) is 1. The number of ketones is 1. The predicted molar refractivity (Wildman–Crippen MR) is 134 cm³/mol. The molecule has 0 saturated heterocycles. The molecule has 0 radical (unpaired) electrons. The van der Waals surface area contributed by atoms with Gasteiger partial charge >= 0.3 is 5.97 Å². The molecule has 3 rings (SSSR count). The molecule has 0 heterocycles. The molecular formula is C27H27N3O5. The van der Waals surface area contributed by atoms with Gasteiger partial charge in [-0.2, -0.15) is 5.11 Å². The summed E-state index contributed by atoms with van der Waals surface area (Å²) in [5.74, 6) is -1.50. The van der Waals surface area contributed by atoms with Gasteiger partial charge in [-0.15, -0.1) is 5.11 Å². The van der Waals surface area contributed by atoms with Gasteiger partial charge in [0.25, 0.3) is 0 Å². The highest BCUT2D eigenvalue weighted by atomic mass is 16.5. The minimum Gasteiger partial charge on any atom is -0.505 e. The van der Waals surface area contributed by atoms with E-state index in [9.17, 15) is 19.8 Å². The van der Waals surface area contributed by atoms with Crippen LogP contribution in [0.3, 0.4) is 0 Å². The summed E-state index contributed by atoms with van der Waals surface area (Å²) in [6.45, 7) is 5.25. The van der Waals surface area contributed by atoms with Crippen LogP contribution >= 0.6 is 0 Å². The molecule has 35 heavy (non-hydrogen) atoms. The molecule has 3 aromatic rings. The Kier molecular flexibility index (Phi) is 8.72. The van der Waals surface area contributed by atoms with Gasteiger partial charge in [-0.1, -0.05) is 36.4 Å². The largest absolute Gasteiger partial charge is 0.505 e. The highest BCUT2D eigenvalue weighted by Gasteiger charge is 2.19. The molecule has 3 aromatic carbocycles. The van der Waals surface area contributed by atoms with Crippen molar-refractivity contribution >= 4 is 28.8 Å². The monoisotopic (exact) mass is 473 g/mol. The van der Waals surface area contributed by atoms with Crippen molar-refractivity contribution in [1.29, 1.82) is 0 Å². The fraction of sp³-hybridized carbons (Fsp3) is 0.185. The molecule has 180 valence electrons. The third-order valence-corrected chi connectivity index (χ3v) is 5.18. The number of anilines is 1. The van der Waals surface area contributed by atoms with E-state index in [1.54, 1.807) is 55.5 Å². The molecule has 2 N–H and O–H groups in total. The van der Waals surface area contributed by atoms with Crippen molar-refractivity contribution in [3.63, 3.8) is 0 Å². The number of rotatable bonds is 10. The molecule has 0 aliphatic heterocycles. The van der Waals surface area contributed by atoms with Gasteiger partial charge in [-0.05, 0) is 50.2 Å². The number of hydrogen-bond donors (Lipinski definition) is 2. The molecule has 0 aromatic heterocycles. The van der Waals surface area contributed by atoms with Gasteiger partial charge in [0.2, 0.25) is 0 Å². The lowest BCUT2D eigenvalue weighted by atomic mass is 10.0. The van der Waals surface area contributed by atoms with Crippen molar-refractivity contribution < 1.29 is 24.5 Å². The van der Waals surface area contributed by atoms with Crippen LogP contribution in [-0.4, -0.2) is 41.7 Å². The van der Waals surface area contributed by atoms with Crippen LogP contribution in [-0.2, 0) is 9.53 Å². The first kappa shape index (κ1) is 25.2. The average molecular weight is 474 g/mol. The lowest BCUT2D eigenvalue weighted by Crippen LogP contribution is -2.27. The lowest BCUT2D eigenvalue weighted by Gasteiger charge is -2.22. The number of ether oxygens (including phenoxy) is 1. The van der Waals surface area contributed by atoms with Gasteiger partial charge in [0.05, 0.1) is 17.8 Å². The maximum atomic E-state index is 12.7. The Labute approximate surface area is 203 Å². The number of azo groups is 1. The summed E-state index contributed by atoms with van der Waals surface area (Å²) in [6.07, 6.45) is 3.00. The topological polar surface area (TPSA) is 112 Å². The molecule has 0 bridgehead atoms. The van der Waals surface area contributed by atoms with Gasteiger partial charge in [-0.3, -0.25) is 4.79 Å². The number of hydrogen-bond acceptors (Lipinski definition) is 8.